The molecule has 9 heteroatoms. The van der Waals surface area contributed by atoms with E-state index < -0.39 is 5.82 Å². The highest BCUT2D eigenvalue weighted by Gasteiger charge is 2.26. The minimum atomic E-state index is -0.513. The number of hydrogen-bond acceptors (Lipinski definition) is 6. The largest absolute Gasteiger partial charge is 0.335 e. The van der Waals surface area contributed by atoms with Crippen LogP contribution in [0.3, 0.4) is 0 Å². The number of rotatable bonds is 5. The molecule has 1 aliphatic rings. The molecule has 0 bridgehead atoms. The van der Waals surface area contributed by atoms with Gasteiger partial charge in [-0.3, -0.25) is 19.6 Å². The Morgan fingerprint density at radius 1 is 0.829 bits per heavy atom. The summed E-state index contributed by atoms with van der Waals surface area (Å²) in [6.07, 6.45) is 3.30. The number of hydrogen-bond donors (Lipinski definition) is 1. The van der Waals surface area contributed by atoms with Crippen molar-refractivity contribution in [1.82, 2.24) is 19.8 Å². The number of halogens is 1. The summed E-state index contributed by atoms with van der Waals surface area (Å²) in [6.45, 7) is 1.56. The zero-order valence-corrected chi connectivity index (χ0v) is 19.5. The third-order valence-electron chi connectivity index (χ3n) is 5.82. The molecule has 35 heavy (non-hydrogen) atoms. The highest BCUT2D eigenvalue weighted by atomic mass is 32.2. The Hall–Kier alpha value is -3.98. The van der Waals surface area contributed by atoms with E-state index in [1.54, 1.807) is 52.5 Å². The predicted octanol–water partition coefficient (Wildman–Crippen LogP) is 4.49. The van der Waals surface area contributed by atoms with Crippen molar-refractivity contribution in [3.63, 3.8) is 0 Å². The third-order valence-corrected chi connectivity index (χ3v) is 6.69. The third kappa shape index (κ3) is 4.95. The number of amides is 2. The van der Waals surface area contributed by atoms with E-state index in [0.717, 1.165) is 15.8 Å². The van der Waals surface area contributed by atoms with Crippen LogP contribution in [-0.2, 0) is 0 Å². The number of nitrogens with one attached hydrogen (secondary N) is 1. The van der Waals surface area contributed by atoms with Crippen LogP contribution in [0, 0.1) is 5.82 Å². The van der Waals surface area contributed by atoms with Crippen LogP contribution in [0.25, 0.3) is 10.9 Å². The molecule has 7 nitrogen and oxygen atoms in total. The van der Waals surface area contributed by atoms with Crippen LogP contribution in [0.1, 0.15) is 20.8 Å². The number of piperazine rings is 1. The molecule has 0 spiro atoms. The zero-order chi connectivity index (χ0) is 24.2. The van der Waals surface area contributed by atoms with E-state index in [0.29, 0.717) is 31.9 Å². The van der Waals surface area contributed by atoms with Crippen molar-refractivity contribution in [2.24, 2.45) is 0 Å². The van der Waals surface area contributed by atoms with Crippen molar-refractivity contribution >= 4 is 40.4 Å². The summed E-state index contributed by atoms with van der Waals surface area (Å²) in [4.78, 5) is 38.2. The molecule has 2 amide bonds. The van der Waals surface area contributed by atoms with Gasteiger partial charge >= 0.3 is 0 Å². The minimum Gasteiger partial charge on any atom is -0.335 e. The first-order valence-electron chi connectivity index (χ1n) is 11.2. The van der Waals surface area contributed by atoms with Crippen LogP contribution in [-0.4, -0.2) is 57.8 Å². The number of pyridine rings is 2. The lowest BCUT2D eigenvalue weighted by atomic mass is 10.1. The van der Waals surface area contributed by atoms with E-state index in [1.165, 1.54) is 18.0 Å². The minimum absolute atomic E-state index is 0.155. The van der Waals surface area contributed by atoms with Crippen molar-refractivity contribution < 1.29 is 14.0 Å². The monoisotopic (exact) mass is 487 g/mol. The predicted molar refractivity (Wildman–Crippen MR) is 134 cm³/mol. The highest BCUT2D eigenvalue weighted by Crippen LogP contribution is 2.29. The number of benzene rings is 2. The first kappa shape index (κ1) is 22.8. The van der Waals surface area contributed by atoms with Gasteiger partial charge in [-0.05, 0) is 54.4 Å². The van der Waals surface area contributed by atoms with Gasteiger partial charge in [-0.15, -0.1) is 0 Å². The van der Waals surface area contributed by atoms with Crippen molar-refractivity contribution in [2.45, 2.75) is 4.90 Å². The van der Waals surface area contributed by atoms with Crippen LogP contribution in [0.2, 0.25) is 0 Å². The van der Waals surface area contributed by atoms with Crippen LogP contribution in [0.4, 0.5) is 10.1 Å². The topological polar surface area (TPSA) is 78.4 Å². The lowest BCUT2D eigenvalue weighted by Gasteiger charge is -2.34. The first-order chi connectivity index (χ1) is 17.1. The fourth-order valence-corrected chi connectivity index (χ4v) is 4.75. The molecule has 0 saturated carbocycles. The van der Waals surface area contributed by atoms with Gasteiger partial charge in [0.25, 0.3) is 11.8 Å². The van der Waals surface area contributed by atoms with E-state index in [9.17, 15) is 14.0 Å². The Labute approximate surface area is 206 Å². The van der Waals surface area contributed by atoms with E-state index in [4.69, 9.17) is 0 Å². The summed E-state index contributed by atoms with van der Waals surface area (Å²) in [5, 5.41) is 1.00. The standard InChI is InChI=1S/C26H22FN5O2S/c27-20-17-19(9-10-21(20)30-35-23-8-3-5-18-6-4-12-29-24(18)23)25(33)31-13-15-32(16-14-31)26(34)22-7-1-2-11-28-22/h1-12,17,30H,13-16H2. The van der Waals surface area contributed by atoms with E-state index in [2.05, 4.69) is 14.7 Å². The van der Waals surface area contributed by atoms with Gasteiger partial charge in [0.05, 0.1) is 16.1 Å². The Bertz CT molecular complexity index is 1370. The van der Waals surface area contributed by atoms with Crippen molar-refractivity contribution in [2.75, 3.05) is 30.9 Å². The van der Waals surface area contributed by atoms with Gasteiger partial charge in [0.2, 0.25) is 0 Å². The average molecular weight is 488 g/mol. The maximum absolute atomic E-state index is 14.8. The lowest BCUT2D eigenvalue weighted by Crippen LogP contribution is -2.50. The Kier molecular flexibility index (Phi) is 6.58. The quantitative estimate of drug-likeness (QED) is 0.418. The SMILES string of the molecule is O=C(c1ccc(NSc2cccc3cccnc23)c(F)c1)N1CCN(C(=O)c2ccccn2)CC1. The van der Waals surface area contributed by atoms with Crippen LogP contribution >= 0.6 is 11.9 Å². The maximum Gasteiger partial charge on any atom is 0.272 e. The summed E-state index contributed by atoms with van der Waals surface area (Å²) in [5.74, 6) is -0.926. The fraction of sp³-hybridized carbons (Fsp3) is 0.154. The Balaban J connectivity index is 1.21. The van der Waals surface area contributed by atoms with Gasteiger partial charge in [-0.2, -0.15) is 0 Å². The summed E-state index contributed by atoms with van der Waals surface area (Å²) in [7, 11) is 0. The van der Waals surface area contributed by atoms with Crippen molar-refractivity contribution in [3.05, 3.63) is 96.2 Å². The van der Waals surface area contributed by atoms with E-state index in [-0.39, 0.29) is 23.1 Å². The second-order valence-corrected chi connectivity index (χ2v) is 8.88. The Morgan fingerprint density at radius 3 is 2.31 bits per heavy atom. The summed E-state index contributed by atoms with van der Waals surface area (Å²) in [6, 6.07) is 19.3. The van der Waals surface area contributed by atoms with Gasteiger partial charge in [0.15, 0.2) is 0 Å². The van der Waals surface area contributed by atoms with Gasteiger partial charge in [-0.25, -0.2) is 4.39 Å². The fourth-order valence-electron chi connectivity index (χ4n) is 3.95. The smallest absolute Gasteiger partial charge is 0.272 e. The van der Waals surface area contributed by atoms with E-state index >= 15 is 0 Å². The van der Waals surface area contributed by atoms with Gasteiger partial charge < -0.3 is 14.5 Å². The lowest BCUT2D eigenvalue weighted by molar-refractivity contribution is 0.0532. The zero-order valence-electron chi connectivity index (χ0n) is 18.7. The molecule has 176 valence electrons. The molecule has 1 fully saturated rings. The Morgan fingerprint density at radius 2 is 1.57 bits per heavy atom. The molecule has 2 aromatic heterocycles. The molecule has 1 saturated heterocycles. The molecular formula is C26H22FN5O2S. The maximum atomic E-state index is 14.8. The second kappa shape index (κ2) is 10.1. The summed E-state index contributed by atoms with van der Waals surface area (Å²) < 4.78 is 17.9. The molecule has 4 aromatic rings. The molecule has 0 unspecified atom stereocenters. The molecule has 5 rings (SSSR count). The van der Waals surface area contributed by atoms with E-state index in [1.807, 2.05) is 30.3 Å². The number of fused-ring (bicyclic) bond motifs is 1. The number of para-hydroxylation sites is 1. The normalized spacial score (nSPS) is 13.6. The molecular weight excluding hydrogens is 465 g/mol. The van der Waals surface area contributed by atoms with Gasteiger partial charge in [-0.1, -0.05) is 24.3 Å². The number of nitrogens with zero attached hydrogens (tertiary/aromatic N) is 4. The second-order valence-electron chi connectivity index (χ2n) is 8.03. The number of carbonyl (C=O) groups excluding carboxylic acids is 2. The highest BCUT2D eigenvalue weighted by molar-refractivity contribution is 8.00. The van der Waals surface area contributed by atoms with Crippen LogP contribution in [0.5, 0.6) is 0 Å². The van der Waals surface area contributed by atoms with Crippen molar-refractivity contribution in [1.29, 1.82) is 0 Å². The average Bonchev–Trinajstić information content (AvgIpc) is 2.92. The van der Waals surface area contributed by atoms with Crippen LogP contribution < -0.4 is 4.72 Å². The molecule has 3 heterocycles. The van der Waals surface area contributed by atoms with Crippen LogP contribution in [0.15, 0.2) is 84.0 Å². The molecule has 0 aliphatic carbocycles. The first-order valence-corrected chi connectivity index (χ1v) is 12.0. The van der Waals surface area contributed by atoms with Crippen molar-refractivity contribution in [3.8, 4) is 0 Å². The summed E-state index contributed by atoms with van der Waals surface area (Å²) >= 11 is 1.27. The number of anilines is 1. The van der Waals surface area contributed by atoms with Gasteiger partial charge in [0.1, 0.15) is 11.5 Å². The molecule has 0 radical (unpaired) electrons. The molecule has 1 aliphatic heterocycles. The van der Waals surface area contributed by atoms with Gasteiger partial charge in [0, 0.05) is 49.5 Å². The molecule has 2 aromatic carbocycles. The molecule has 0 atom stereocenters. The number of carbonyl (C=O) groups is 2. The molecule has 1 N–H and O–H groups in total. The number of aromatic nitrogens is 2. The summed E-state index contributed by atoms with van der Waals surface area (Å²) in [5.41, 5.74) is 1.77.